The van der Waals surface area contributed by atoms with Crippen molar-refractivity contribution in [2.24, 2.45) is 11.8 Å². The highest BCUT2D eigenvalue weighted by Crippen LogP contribution is 2.28. The summed E-state index contributed by atoms with van der Waals surface area (Å²) in [5, 5.41) is 4.81. The minimum absolute atomic E-state index is 0.000797. The minimum Gasteiger partial charge on any atom is -0.342 e. The van der Waals surface area contributed by atoms with Crippen molar-refractivity contribution in [1.29, 1.82) is 0 Å². The summed E-state index contributed by atoms with van der Waals surface area (Å²) in [6.07, 6.45) is 5.53. The maximum atomic E-state index is 13.7. The van der Waals surface area contributed by atoms with Gasteiger partial charge in [0.05, 0.1) is 12.1 Å². The van der Waals surface area contributed by atoms with E-state index in [9.17, 15) is 9.59 Å². The molecular weight excluding hydrogens is 436 g/mol. The number of likely N-dealkylation sites (tertiary alicyclic amines) is 2. The quantitative estimate of drug-likeness (QED) is 0.543. The van der Waals surface area contributed by atoms with E-state index in [1.165, 1.54) is 0 Å². The summed E-state index contributed by atoms with van der Waals surface area (Å²) in [6, 6.07) is 20.1. The molecule has 2 fully saturated rings. The number of hydrogen-bond donors (Lipinski definition) is 0. The predicted octanol–water partition coefficient (Wildman–Crippen LogP) is 4.71. The van der Waals surface area contributed by atoms with Crippen molar-refractivity contribution in [2.45, 2.75) is 39.2 Å². The topological polar surface area (TPSA) is 58.4 Å². The van der Waals surface area contributed by atoms with Crippen LogP contribution in [0.15, 0.2) is 66.9 Å². The number of benzene rings is 2. The Morgan fingerprint density at radius 3 is 2.09 bits per heavy atom. The van der Waals surface area contributed by atoms with E-state index in [4.69, 9.17) is 5.10 Å². The lowest BCUT2D eigenvalue weighted by molar-refractivity contribution is -0.138. The van der Waals surface area contributed by atoms with Gasteiger partial charge < -0.3 is 9.80 Å². The van der Waals surface area contributed by atoms with Crippen LogP contribution in [0.5, 0.6) is 0 Å². The molecule has 35 heavy (non-hydrogen) atoms. The molecule has 182 valence electrons. The van der Waals surface area contributed by atoms with Crippen LogP contribution >= 0.6 is 0 Å². The second-order valence-corrected chi connectivity index (χ2v) is 10.0. The number of amides is 2. The molecule has 5 rings (SSSR count). The lowest BCUT2D eigenvalue weighted by Crippen LogP contribution is -2.46. The zero-order chi connectivity index (χ0) is 24.2. The van der Waals surface area contributed by atoms with E-state index in [1.807, 2.05) is 69.2 Å². The Balaban J connectivity index is 1.30. The molecule has 0 bridgehead atoms. The van der Waals surface area contributed by atoms with Crippen molar-refractivity contribution in [1.82, 2.24) is 19.6 Å². The van der Waals surface area contributed by atoms with Crippen molar-refractivity contribution in [2.75, 3.05) is 26.2 Å². The number of nitrogens with zero attached hydrogens (tertiary/aromatic N) is 4. The van der Waals surface area contributed by atoms with Gasteiger partial charge in [-0.05, 0) is 37.2 Å². The average Bonchev–Trinajstić information content (AvgIpc) is 3.33. The lowest BCUT2D eigenvalue weighted by atomic mass is 9.92. The summed E-state index contributed by atoms with van der Waals surface area (Å²) in [6.45, 7) is 5.84. The molecule has 3 heterocycles. The molecule has 0 atom stereocenters. The molecule has 0 unspecified atom stereocenters. The van der Waals surface area contributed by atoms with Crippen LogP contribution in [0.4, 0.5) is 0 Å². The first kappa shape index (κ1) is 23.3. The Hall–Kier alpha value is -3.41. The second kappa shape index (κ2) is 10.5. The smallest absolute Gasteiger partial charge is 0.257 e. The molecule has 0 aliphatic carbocycles. The van der Waals surface area contributed by atoms with Crippen molar-refractivity contribution in [3.05, 3.63) is 78.0 Å². The molecule has 0 radical (unpaired) electrons. The van der Waals surface area contributed by atoms with Crippen molar-refractivity contribution in [3.63, 3.8) is 0 Å². The Kier molecular flexibility index (Phi) is 6.98. The van der Waals surface area contributed by atoms with Crippen molar-refractivity contribution >= 4 is 11.8 Å². The van der Waals surface area contributed by atoms with Gasteiger partial charge in [-0.1, -0.05) is 67.6 Å². The standard InChI is InChI=1S/C29H34N4O2/c1-22-12-16-31(17-13-22)28(34)25-14-18-32(19-15-25)29(35)26-21-33(20-23-8-4-2-5-9-23)30-27(26)24-10-6-3-7-11-24/h2-11,21-22,25H,12-20H2,1H3. The van der Waals surface area contributed by atoms with Gasteiger partial charge in [0.25, 0.3) is 5.91 Å². The third-order valence-electron chi connectivity index (χ3n) is 7.45. The van der Waals surface area contributed by atoms with E-state index in [0.717, 1.165) is 49.9 Å². The molecule has 3 aromatic rings. The normalized spacial score (nSPS) is 17.5. The fourth-order valence-electron chi connectivity index (χ4n) is 5.23. The first-order chi connectivity index (χ1) is 17.1. The van der Waals surface area contributed by atoms with Gasteiger partial charge in [-0.15, -0.1) is 0 Å². The molecule has 0 N–H and O–H groups in total. The molecule has 6 nitrogen and oxygen atoms in total. The van der Waals surface area contributed by atoms with Crippen LogP contribution in [-0.4, -0.2) is 57.6 Å². The van der Waals surface area contributed by atoms with E-state index in [-0.39, 0.29) is 17.7 Å². The predicted molar refractivity (Wildman–Crippen MR) is 137 cm³/mol. The van der Waals surface area contributed by atoms with Gasteiger partial charge in [-0.3, -0.25) is 14.3 Å². The van der Waals surface area contributed by atoms with Gasteiger partial charge in [0.1, 0.15) is 5.69 Å². The molecule has 2 amide bonds. The van der Waals surface area contributed by atoms with E-state index in [0.29, 0.717) is 36.8 Å². The molecule has 2 aromatic carbocycles. The zero-order valence-corrected chi connectivity index (χ0v) is 20.5. The van der Waals surface area contributed by atoms with E-state index < -0.39 is 0 Å². The van der Waals surface area contributed by atoms with Crippen molar-refractivity contribution < 1.29 is 9.59 Å². The number of aromatic nitrogens is 2. The molecule has 6 heteroatoms. The summed E-state index contributed by atoms with van der Waals surface area (Å²) in [5.41, 5.74) is 3.42. The molecule has 0 spiro atoms. The average molecular weight is 471 g/mol. The summed E-state index contributed by atoms with van der Waals surface area (Å²) in [4.78, 5) is 30.6. The Bertz CT molecular complexity index is 1140. The molecule has 0 saturated carbocycles. The van der Waals surface area contributed by atoms with Crippen LogP contribution in [0, 0.1) is 11.8 Å². The van der Waals surface area contributed by atoms with Crippen LogP contribution in [0.2, 0.25) is 0 Å². The minimum atomic E-state index is 0.000797. The monoisotopic (exact) mass is 470 g/mol. The zero-order valence-electron chi connectivity index (χ0n) is 20.5. The summed E-state index contributed by atoms with van der Waals surface area (Å²) >= 11 is 0. The summed E-state index contributed by atoms with van der Waals surface area (Å²) in [5.74, 6) is 1.02. The van der Waals surface area contributed by atoms with E-state index in [2.05, 4.69) is 19.1 Å². The first-order valence-electron chi connectivity index (χ1n) is 12.8. The van der Waals surface area contributed by atoms with Crippen LogP contribution in [0.25, 0.3) is 11.3 Å². The SMILES string of the molecule is CC1CCN(C(=O)C2CCN(C(=O)c3cn(Cc4ccccc4)nc3-c3ccccc3)CC2)CC1. The first-order valence-corrected chi connectivity index (χ1v) is 12.8. The Labute approximate surface area is 207 Å². The molecule has 2 aliphatic heterocycles. The van der Waals surface area contributed by atoms with Gasteiger partial charge in [0.15, 0.2) is 0 Å². The number of piperidine rings is 2. The largest absolute Gasteiger partial charge is 0.342 e. The number of rotatable bonds is 5. The second-order valence-electron chi connectivity index (χ2n) is 10.0. The third-order valence-corrected chi connectivity index (χ3v) is 7.45. The number of carbonyl (C=O) groups excluding carboxylic acids is 2. The maximum Gasteiger partial charge on any atom is 0.257 e. The molecule has 2 saturated heterocycles. The molecule has 1 aromatic heterocycles. The van der Waals surface area contributed by atoms with Gasteiger partial charge in [0, 0.05) is 43.9 Å². The van der Waals surface area contributed by atoms with Gasteiger partial charge in [-0.2, -0.15) is 5.10 Å². The molecular formula is C29H34N4O2. The van der Waals surface area contributed by atoms with Gasteiger partial charge in [-0.25, -0.2) is 0 Å². The fraction of sp³-hybridized carbons (Fsp3) is 0.414. The fourth-order valence-corrected chi connectivity index (χ4v) is 5.23. The molecule has 2 aliphatic rings. The van der Waals surface area contributed by atoms with Crippen LogP contribution in [-0.2, 0) is 11.3 Å². The third kappa shape index (κ3) is 5.31. The summed E-state index contributed by atoms with van der Waals surface area (Å²) < 4.78 is 1.86. The summed E-state index contributed by atoms with van der Waals surface area (Å²) in [7, 11) is 0. The lowest BCUT2D eigenvalue weighted by Gasteiger charge is -2.36. The van der Waals surface area contributed by atoms with Crippen molar-refractivity contribution in [3.8, 4) is 11.3 Å². The van der Waals surface area contributed by atoms with Crippen LogP contribution in [0.3, 0.4) is 0 Å². The van der Waals surface area contributed by atoms with Gasteiger partial charge in [0.2, 0.25) is 5.91 Å². The van der Waals surface area contributed by atoms with Crippen LogP contribution < -0.4 is 0 Å². The highest BCUT2D eigenvalue weighted by atomic mass is 16.2. The Morgan fingerprint density at radius 2 is 1.43 bits per heavy atom. The van der Waals surface area contributed by atoms with Crippen LogP contribution in [0.1, 0.15) is 48.5 Å². The Morgan fingerprint density at radius 1 is 0.829 bits per heavy atom. The number of carbonyl (C=O) groups is 2. The highest BCUT2D eigenvalue weighted by molar-refractivity contribution is 6.00. The maximum absolute atomic E-state index is 13.7. The van der Waals surface area contributed by atoms with E-state index >= 15 is 0 Å². The van der Waals surface area contributed by atoms with E-state index in [1.54, 1.807) is 0 Å². The van der Waals surface area contributed by atoms with Gasteiger partial charge >= 0.3 is 0 Å². The highest BCUT2D eigenvalue weighted by Gasteiger charge is 2.33. The number of hydrogen-bond acceptors (Lipinski definition) is 3.